The molecule has 0 unspecified atom stereocenters. The Kier molecular flexibility index (Phi) is 5.63. The van der Waals surface area contributed by atoms with Crippen LogP contribution in [0.5, 0.6) is 0 Å². The number of hydrogen-bond donors (Lipinski definition) is 1. The van der Waals surface area contributed by atoms with Gasteiger partial charge in [0.05, 0.1) is 11.8 Å². The molecule has 1 fully saturated rings. The van der Waals surface area contributed by atoms with Gasteiger partial charge >= 0.3 is 0 Å². The highest BCUT2D eigenvalue weighted by Gasteiger charge is 2.33. The highest BCUT2D eigenvalue weighted by molar-refractivity contribution is 7.89. The molecule has 6 nitrogen and oxygen atoms in total. The second-order valence-electron chi connectivity index (χ2n) is 6.33. The van der Waals surface area contributed by atoms with E-state index in [0.717, 1.165) is 25.3 Å². The molecule has 1 saturated heterocycles. The largest absolute Gasteiger partial charge is 0.334 e. The number of rotatable bonds is 6. The summed E-state index contributed by atoms with van der Waals surface area (Å²) in [5.41, 5.74) is 0. The third-order valence-corrected chi connectivity index (χ3v) is 6.73. The minimum atomic E-state index is -3.14. The molecular formula is C15H28N4O2S. The molecule has 1 aromatic rings. The molecule has 1 aliphatic heterocycles. The first-order valence-electron chi connectivity index (χ1n) is 8.08. The zero-order valence-electron chi connectivity index (χ0n) is 14.0. The Morgan fingerprint density at radius 3 is 2.77 bits per heavy atom. The van der Waals surface area contributed by atoms with Gasteiger partial charge in [-0.25, -0.2) is 17.7 Å². The van der Waals surface area contributed by atoms with E-state index in [1.54, 1.807) is 18.2 Å². The van der Waals surface area contributed by atoms with E-state index in [4.69, 9.17) is 0 Å². The molecule has 2 atom stereocenters. The maximum atomic E-state index is 12.3. The topological polar surface area (TPSA) is 67.2 Å². The van der Waals surface area contributed by atoms with Crippen LogP contribution in [0.4, 0.5) is 0 Å². The van der Waals surface area contributed by atoms with Crippen LogP contribution in [0.3, 0.4) is 0 Å². The van der Waals surface area contributed by atoms with Gasteiger partial charge < -0.3 is 9.88 Å². The Balaban J connectivity index is 1.91. The van der Waals surface area contributed by atoms with Crippen molar-refractivity contribution in [1.82, 2.24) is 19.2 Å². The van der Waals surface area contributed by atoms with Gasteiger partial charge in [0, 0.05) is 38.1 Å². The lowest BCUT2D eigenvalue weighted by molar-refractivity contribution is 0.217. The van der Waals surface area contributed by atoms with E-state index in [-0.39, 0.29) is 5.25 Å². The van der Waals surface area contributed by atoms with Crippen molar-refractivity contribution in [3.8, 4) is 0 Å². The Hall–Kier alpha value is -0.920. The van der Waals surface area contributed by atoms with Gasteiger partial charge in [0.25, 0.3) is 0 Å². The molecule has 0 radical (unpaired) electrons. The average molecular weight is 328 g/mol. The van der Waals surface area contributed by atoms with Crippen LogP contribution < -0.4 is 5.32 Å². The molecule has 0 amide bonds. The number of imidazole rings is 1. The lowest BCUT2D eigenvalue weighted by atomic mass is 9.95. The second-order valence-corrected chi connectivity index (χ2v) is 8.82. The summed E-state index contributed by atoms with van der Waals surface area (Å²) in [6.07, 6.45) is 4.65. The third kappa shape index (κ3) is 3.70. The SMILES string of the molecule is CCn1ccnc1CN[C@@H]1CCN(S(=O)(=O)C(C)C)C[C@@H]1C. The summed E-state index contributed by atoms with van der Waals surface area (Å²) in [6.45, 7) is 10.6. The van der Waals surface area contributed by atoms with Gasteiger partial charge in [-0.15, -0.1) is 0 Å². The molecule has 1 N–H and O–H groups in total. The second kappa shape index (κ2) is 7.10. The number of hydrogen-bond acceptors (Lipinski definition) is 4. The monoisotopic (exact) mass is 328 g/mol. The number of piperidine rings is 1. The van der Waals surface area contributed by atoms with Crippen LogP contribution >= 0.6 is 0 Å². The van der Waals surface area contributed by atoms with Gasteiger partial charge in [-0.2, -0.15) is 0 Å². The van der Waals surface area contributed by atoms with Crippen LogP contribution in [-0.2, 0) is 23.1 Å². The predicted octanol–water partition coefficient (Wildman–Crippen LogP) is 1.44. The Labute approximate surface area is 134 Å². The highest BCUT2D eigenvalue weighted by Crippen LogP contribution is 2.21. The maximum Gasteiger partial charge on any atom is 0.216 e. The number of aryl methyl sites for hydroxylation is 1. The first-order valence-corrected chi connectivity index (χ1v) is 9.59. The van der Waals surface area contributed by atoms with Gasteiger partial charge in [-0.3, -0.25) is 0 Å². The summed E-state index contributed by atoms with van der Waals surface area (Å²) >= 11 is 0. The highest BCUT2D eigenvalue weighted by atomic mass is 32.2. The van der Waals surface area contributed by atoms with E-state index in [1.807, 2.05) is 12.4 Å². The van der Waals surface area contributed by atoms with Gasteiger partial charge in [0.15, 0.2) is 0 Å². The predicted molar refractivity (Wildman–Crippen MR) is 87.9 cm³/mol. The summed E-state index contributed by atoms with van der Waals surface area (Å²) in [4.78, 5) is 4.37. The van der Waals surface area contributed by atoms with Crippen LogP contribution in [0.15, 0.2) is 12.4 Å². The molecule has 22 heavy (non-hydrogen) atoms. The Morgan fingerprint density at radius 1 is 1.45 bits per heavy atom. The molecule has 0 saturated carbocycles. The summed E-state index contributed by atoms with van der Waals surface area (Å²) < 4.78 is 28.3. The molecule has 0 bridgehead atoms. The van der Waals surface area contributed by atoms with Crippen molar-refractivity contribution in [2.24, 2.45) is 5.92 Å². The summed E-state index contributed by atoms with van der Waals surface area (Å²) in [7, 11) is -3.14. The van der Waals surface area contributed by atoms with E-state index in [9.17, 15) is 8.42 Å². The van der Waals surface area contributed by atoms with Gasteiger partial charge in [-0.05, 0) is 33.1 Å². The van der Waals surface area contributed by atoms with Crippen molar-refractivity contribution in [1.29, 1.82) is 0 Å². The van der Waals surface area contributed by atoms with Gasteiger partial charge in [-0.1, -0.05) is 6.92 Å². The van der Waals surface area contributed by atoms with E-state index in [0.29, 0.717) is 25.0 Å². The summed E-state index contributed by atoms with van der Waals surface area (Å²) in [5, 5.41) is 3.20. The fraction of sp³-hybridized carbons (Fsp3) is 0.800. The minimum Gasteiger partial charge on any atom is -0.334 e. The zero-order chi connectivity index (χ0) is 16.3. The van der Waals surface area contributed by atoms with E-state index >= 15 is 0 Å². The number of nitrogens with one attached hydrogen (secondary N) is 1. The summed E-state index contributed by atoms with van der Waals surface area (Å²) in [5.74, 6) is 1.33. The van der Waals surface area contributed by atoms with Crippen molar-refractivity contribution < 1.29 is 8.42 Å². The Morgan fingerprint density at radius 2 is 2.18 bits per heavy atom. The molecule has 1 aliphatic rings. The number of nitrogens with zero attached hydrogens (tertiary/aromatic N) is 3. The molecule has 2 rings (SSSR count). The maximum absolute atomic E-state index is 12.3. The average Bonchev–Trinajstić information content (AvgIpc) is 2.93. The van der Waals surface area contributed by atoms with E-state index < -0.39 is 10.0 Å². The third-order valence-electron chi connectivity index (χ3n) is 4.49. The molecule has 0 aliphatic carbocycles. The van der Waals surface area contributed by atoms with Gasteiger partial charge in [0.2, 0.25) is 10.0 Å². The van der Waals surface area contributed by atoms with E-state index in [2.05, 4.69) is 28.7 Å². The van der Waals surface area contributed by atoms with Crippen LogP contribution in [-0.4, -0.2) is 46.7 Å². The van der Waals surface area contributed by atoms with Crippen LogP contribution in [0, 0.1) is 5.92 Å². The zero-order valence-corrected chi connectivity index (χ0v) is 14.8. The van der Waals surface area contributed by atoms with Crippen LogP contribution in [0.25, 0.3) is 0 Å². The van der Waals surface area contributed by atoms with Crippen LogP contribution in [0.2, 0.25) is 0 Å². The van der Waals surface area contributed by atoms with E-state index in [1.165, 1.54) is 0 Å². The molecule has 126 valence electrons. The first kappa shape index (κ1) is 17.4. The molecule has 2 heterocycles. The minimum absolute atomic E-state index is 0.298. The summed E-state index contributed by atoms with van der Waals surface area (Å²) in [6, 6.07) is 0.334. The molecule has 1 aromatic heterocycles. The molecule has 7 heteroatoms. The van der Waals surface area contributed by atoms with Crippen molar-refractivity contribution >= 4 is 10.0 Å². The fourth-order valence-corrected chi connectivity index (χ4v) is 4.36. The first-order chi connectivity index (χ1) is 10.4. The lowest BCUT2D eigenvalue weighted by Gasteiger charge is -2.37. The standard InChI is InChI=1S/C15H28N4O2S/c1-5-18-9-7-16-15(18)10-17-14-6-8-19(11-13(14)4)22(20,21)12(2)3/h7,9,12-14,17H,5-6,8,10-11H2,1-4H3/t13-,14+/m0/s1. The van der Waals surface area contributed by atoms with Crippen molar-refractivity contribution in [2.75, 3.05) is 13.1 Å². The van der Waals surface area contributed by atoms with Crippen LogP contribution in [0.1, 0.15) is 39.9 Å². The normalized spacial score (nSPS) is 24.0. The van der Waals surface area contributed by atoms with Crippen molar-refractivity contribution in [3.05, 3.63) is 18.2 Å². The molecule has 0 aromatic carbocycles. The molecular weight excluding hydrogens is 300 g/mol. The number of aromatic nitrogens is 2. The number of sulfonamides is 1. The quantitative estimate of drug-likeness (QED) is 0.858. The van der Waals surface area contributed by atoms with Crippen molar-refractivity contribution in [3.63, 3.8) is 0 Å². The smallest absolute Gasteiger partial charge is 0.216 e. The lowest BCUT2D eigenvalue weighted by Crippen LogP contribution is -2.51. The molecule has 0 spiro atoms. The van der Waals surface area contributed by atoms with Crippen molar-refractivity contribution in [2.45, 2.75) is 58.5 Å². The fourth-order valence-electron chi connectivity index (χ4n) is 2.96. The van der Waals surface area contributed by atoms with Gasteiger partial charge in [0.1, 0.15) is 5.82 Å². The Bertz CT molecular complexity index is 582.